The number of nitrogens with one attached hydrogen (secondary N) is 2. The average Bonchev–Trinajstić information content (AvgIpc) is 3.17. The van der Waals surface area contributed by atoms with Gasteiger partial charge < -0.3 is 5.32 Å². The van der Waals surface area contributed by atoms with Crippen LogP contribution in [0, 0.1) is 18.3 Å². The molecule has 0 saturated heterocycles. The Hall–Kier alpha value is -3.65. The van der Waals surface area contributed by atoms with Gasteiger partial charge in [-0.3, -0.25) is 10.1 Å². The van der Waals surface area contributed by atoms with E-state index in [0.717, 1.165) is 58.4 Å². The molecule has 4 aromatic rings. The number of aromatic amines is 1. The molecule has 0 bridgehead atoms. The third-order valence-electron chi connectivity index (χ3n) is 5.66. The zero-order valence-corrected chi connectivity index (χ0v) is 16.2. The summed E-state index contributed by atoms with van der Waals surface area (Å²) in [7, 11) is 0. The molecule has 5 rings (SSSR count). The average molecular weight is 379 g/mol. The second kappa shape index (κ2) is 7.06. The maximum absolute atomic E-state index is 9.18. The Bertz CT molecular complexity index is 1250. The maximum Gasteiger partial charge on any atom is 0.100 e. The number of nitriles is 1. The van der Waals surface area contributed by atoms with E-state index in [4.69, 9.17) is 0 Å². The number of fused-ring (bicyclic) bond motifs is 2. The van der Waals surface area contributed by atoms with Crippen molar-refractivity contribution in [1.29, 1.82) is 5.26 Å². The highest BCUT2D eigenvalue weighted by atomic mass is 15.1. The van der Waals surface area contributed by atoms with Gasteiger partial charge in [0.05, 0.1) is 23.2 Å². The van der Waals surface area contributed by atoms with Crippen LogP contribution in [-0.2, 0) is 6.42 Å². The molecule has 5 heteroatoms. The van der Waals surface area contributed by atoms with Gasteiger partial charge in [0.2, 0.25) is 0 Å². The molecule has 0 unspecified atom stereocenters. The lowest BCUT2D eigenvalue weighted by molar-refractivity contribution is 0.600. The third-order valence-corrected chi connectivity index (χ3v) is 5.66. The number of aryl methyl sites for hydroxylation is 2. The molecule has 142 valence electrons. The van der Waals surface area contributed by atoms with E-state index in [2.05, 4.69) is 56.9 Å². The first kappa shape index (κ1) is 17.4. The summed E-state index contributed by atoms with van der Waals surface area (Å²) in [6.07, 6.45) is 5.06. The Morgan fingerprint density at radius 3 is 2.93 bits per heavy atom. The molecule has 5 nitrogen and oxygen atoms in total. The first-order valence-corrected chi connectivity index (χ1v) is 9.92. The fourth-order valence-corrected chi connectivity index (χ4v) is 4.25. The summed E-state index contributed by atoms with van der Waals surface area (Å²) in [6.45, 7) is 1.99. The Morgan fingerprint density at radius 1 is 1.14 bits per heavy atom. The Kier molecular flexibility index (Phi) is 4.25. The summed E-state index contributed by atoms with van der Waals surface area (Å²) < 4.78 is 0. The third kappa shape index (κ3) is 3.23. The van der Waals surface area contributed by atoms with Crippen LogP contribution >= 0.6 is 0 Å². The zero-order chi connectivity index (χ0) is 19.8. The smallest absolute Gasteiger partial charge is 0.100 e. The van der Waals surface area contributed by atoms with Crippen molar-refractivity contribution < 1.29 is 0 Å². The van der Waals surface area contributed by atoms with Gasteiger partial charge in [0.1, 0.15) is 5.69 Å². The summed E-state index contributed by atoms with van der Waals surface area (Å²) in [5.74, 6) is 0. The highest BCUT2D eigenvalue weighted by molar-refractivity contribution is 5.94. The van der Waals surface area contributed by atoms with Gasteiger partial charge >= 0.3 is 0 Å². The van der Waals surface area contributed by atoms with Crippen molar-refractivity contribution >= 4 is 16.6 Å². The lowest BCUT2D eigenvalue weighted by Gasteiger charge is -2.27. The summed E-state index contributed by atoms with van der Waals surface area (Å²) in [5.41, 5.74) is 8.39. The fourth-order valence-electron chi connectivity index (χ4n) is 4.25. The van der Waals surface area contributed by atoms with E-state index in [0.29, 0.717) is 0 Å². The van der Waals surface area contributed by atoms with Gasteiger partial charge in [0.25, 0.3) is 0 Å². The van der Waals surface area contributed by atoms with Crippen LogP contribution in [0.25, 0.3) is 22.2 Å². The molecule has 2 heterocycles. The number of benzene rings is 2. The number of pyridine rings is 1. The predicted molar refractivity (Wildman–Crippen MR) is 115 cm³/mol. The molecule has 2 aromatic heterocycles. The van der Waals surface area contributed by atoms with Crippen LogP contribution in [-0.4, -0.2) is 15.2 Å². The fraction of sp³-hybridized carbons (Fsp3) is 0.208. The minimum atomic E-state index is 0.252. The lowest BCUT2D eigenvalue weighted by Crippen LogP contribution is -2.17. The summed E-state index contributed by atoms with van der Waals surface area (Å²) >= 11 is 0. The summed E-state index contributed by atoms with van der Waals surface area (Å²) in [6, 6.07) is 18.9. The predicted octanol–water partition coefficient (Wildman–Crippen LogP) is 5.29. The van der Waals surface area contributed by atoms with Crippen molar-refractivity contribution in [3.63, 3.8) is 0 Å². The SMILES string of the molecule is Cc1cc(-c2n[nH]c3ccc(N[C@@H]4CCCc5cc(C#N)ccc54)cc23)ccn1. The van der Waals surface area contributed by atoms with Gasteiger partial charge in [-0.1, -0.05) is 6.07 Å². The second-order valence-corrected chi connectivity index (χ2v) is 7.63. The quantitative estimate of drug-likeness (QED) is 0.507. The highest BCUT2D eigenvalue weighted by Gasteiger charge is 2.21. The number of hydrogen-bond donors (Lipinski definition) is 2. The van der Waals surface area contributed by atoms with E-state index in [-0.39, 0.29) is 6.04 Å². The van der Waals surface area contributed by atoms with Crippen molar-refractivity contribution in [3.05, 3.63) is 77.1 Å². The van der Waals surface area contributed by atoms with Gasteiger partial charge in [-0.05, 0) is 79.8 Å². The first-order chi connectivity index (χ1) is 14.2. The lowest BCUT2D eigenvalue weighted by atomic mass is 9.86. The molecule has 0 radical (unpaired) electrons. The minimum Gasteiger partial charge on any atom is -0.378 e. The van der Waals surface area contributed by atoms with Gasteiger partial charge in [0, 0.05) is 28.5 Å². The highest BCUT2D eigenvalue weighted by Crippen LogP contribution is 2.35. The molecule has 0 saturated carbocycles. The zero-order valence-electron chi connectivity index (χ0n) is 16.2. The molecular formula is C24H21N5. The molecule has 2 N–H and O–H groups in total. The van der Waals surface area contributed by atoms with Gasteiger partial charge in [-0.15, -0.1) is 0 Å². The number of anilines is 1. The molecule has 0 fully saturated rings. The maximum atomic E-state index is 9.18. The van der Waals surface area contributed by atoms with Gasteiger partial charge in [0.15, 0.2) is 0 Å². The topological polar surface area (TPSA) is 77.4 Å². The second-order valence-electron chi connectivity index (χ2n) is 7.63. The van der Waals surface area contributed by atoms with Crippen LogP contribution in [0.1, 0.15) is 41.3 Å². The Balaban J connectivity index is 1.50. The number of H-pyrrole nitrogens is 1. The van der Waals surface area contributed by atoms with Gasteiger partial charge in [-0.25, -0.2) is 0 Å². The van der Waals surface area contributed by atoms with Crippen LogP contribution < -0.4 is 5.32 Å². The molecule has 29 heavy (non-hydrogen) atoms. The largest absolute Gasteiger partial charge is 0.378 e. The van der Waals surface area contributed by atoms with E-state index < -0.39 is 0 Å². The number of nitrogens with zero attached hydrogens (tertiary/aromatic N) is 3. The standard InChI is InChI=1S/C24H21N5/c1-15-11-18(9-10-26-15)24-21-13-19(6-8-23(21)28-29-24)27-22-4-2-3-17-12-16(14-25)5-7-20(17)22/h5-13,22,27H,2-4H2,1H3,(H,28,29)/t22-/m1/s1. The van der Waals surface area contributed by atoms with Crippen molar-refractivity contribution in [1.82, 2.24) is 15.2 Å². The molecule has 1 aliphatic carbocycles. The van der Waals surface area contributed by atoms with Crippen molar-refractivity contribution in [2.45, 2.75) is 32.2 Å². The van der Waals surface area contributed by atoms with E-state index in [1.54, 1.807) is 0 Å². The van der Waals surface area contributed by atoms with E-state index >= 15 is 0 Å². The molecule has 0 amide bonds. The van der Waals surface area contributed by atoms with Crippen LogP contribution in [0.3, 0.4) is 0 Å². The molecule has 0 aliphatic heterocycles. The van der Waals surface area contributed by atoms with Crippen LogP contribution in [0.15, 0.2) is 54.7 Å². The van der Waals surface area contributed by atoms with Crippen LogP contribution in [0.2, 0.25) is 0 Å². The normalized spacial score (nSPS) is 15.7. The molecule has 1 atom stereocenters. The van der Waals surface area contributed by atoms with Gasteiger partial charge in [-0.2, -0.15) is 10.4 Å². The van der Waals surface area contributed by atoms with E-state index in [1.165, 1.54) is 11.1 Å². The Morgan fingerprint density at radius 2 is 2.07 bits per heavy atom. The van der Waals surface area contributed by atoms with Crippen molar-refractivity contribution in [3.8, 4) is 17.3 Å². The molecule has 0 spiro atoms. The minimum absolute atomic E-state index is 0.252. The number of rotatable bonds is 3. The van der Waals surface area contributed by atoms with Crippen molar-refractivity contribution in [2.75, 3.05) is 5.32 Å². The van der Waals surface area contributed by atoms with Crippen molar-refractivity contribution in [2.24, 2.45) is 0 Å². The first-order valence-electron chi connectivity index (χ1n) is 9.92. The molecule has 2 aromatic carbocycles. The van der Waals surface area contributed by atoms with Crippen LogP contribution in [0.4, 0.5) is 5.69 Å². The monoisotopic (exact) mass is 379 g/mol. The molecule has 1 aliphatic rings. The number of aromatic nitrogens is 3. The number of hydrogen-bond acceptors (Lipinski definition) is 4. The summed E-state index contributed by atoms with van der Waals surface area (Å²) in [4.78, 5) is 4.29. The summed E-state index contributed by atoms with van der Waals surface area (Å²) in [5, 5.41) is 21.7. The van der Waals surface area contributed by atoms with Crippen LogP contribution in [0.5, 0.6) is 0 Å². The van der Waals surface area contributed by atoms with E-state index in [1.807, 2.05) is 31.3 Å². The van der Waals surface area contributed by atoms with E-state index in [9.17, 15) is 5.26 Å². The Labute approximate surface area is 169 Å². The molecular weight excluding hydrogens is 358 g/mol.